The zero-order valence-electron chi connectivity index (χ0n) is 18.9. The van der Waals surface area contributed by atoms with E-state index >= 15 is 0 Å². The highest BCUT2D eigenvalue weighted by atomic mass is 32.1. The van der Waals surface area contributed by atoms with Crippen LogP contribution in [0.15, 0.2) is 54.1 Å². The van der Waals surface area contributed by atoms with Gasteiger partial charge in [-0.15, -0.1) is 0 Å². The van der Waals surface area contributed by atoms with E-state index in [4.69, 9.17) is 4.74 Å². The maximum absolute atomic E-state index is 13.4. The maximum Gasteiger partial charge on any atom is 0.350 e. The first kappa shape index (κ1) is 24.7. The second-order valence-electron chi connectivity index (χ2n) is 7.66. The molecular weight excluding hydrogens is 493 g/mol. The van der Waals surface area contributed by atoms with Gasteiger partial charge in [-0.3, -0.25) is 24.6 Å². The van der Waals surface area contributed by atoms with Gasteiger partial charge in [0.1, 0.15) is 16.5 Å². The molecule has 1 aromatic heterocycles. The number of carbonyl (C=O) groups excluding carboxylic acids is 3. The zero-order valence-corrected chi connectivity index (χ0v) is 19.7. The van der Waals surface area contributed by atoms with Crippen molar-refractivity contribution in [2.24, 2.45) is 0 Å². The van der Waals surface area contributed by atoms with E-state index in [0.29, 0.717) is 0 Å². The molecule has 3 aromatic rings. The quantitative estimate of drug-likeness (QED) is 0.129. The number of nitro benzene ring substituents is 1. The highest BCUT2D eigenvalue weighted by Crippen LogP contribution is 2.44. The van der Waals surface area contributed by atoms with E-state index in [9.17, 15) is 34.0 Å². The summed E-state index contributed by atoms with van der Waals surface area (Å²) in [6.07, 6.45) is 0. The third-order valence-electron chi connectivity index (χ3n) is 5.41. The second kappa shape index (κ2) is 9.66. The number of halogens is 1. The molecule has 4 rings (SSSR count). The molecule has 0 radical (unpaired) electrons. The van der Waals surface area contributed by atoms with Crippen LogP contribution in [-0.4, -0.2) is 39.3 Å². The summed E-state index contributed by atoms with van der Waals surface area (Å²) in [5.74, 6) is -3.95. The lowest BCUT2D eigenvalue weighted by Crippen LogP contribution is -2.29. The molecule has 1 saturated heterocycles. The number of aryl methyl sites for hydroxylation is 1. The Labute approximate surface area is 207 Å². The Morgan fingerprint density at radius 2 is 1.94 bits per heavy atom. The number of ketones is 1. The molecule has 1 amide bonds. The summed E-state index contributed by atoms with van der Waals surface area (Å²) in [6, 6.07) is 8.55. The van der Waals surface area contributed by atoms with Crippen LogP contribution in [0.3, 0.4) is 0 Å². The summed E-state index contributed by atoms with van der Waals surface area (Å²) in [4.78, 5) is 54.8. The largest absolute Gasteiger partial charge is 0.507 e. The summed E-state index contributed by atoms with van der Waals surface area (Å²) < 4.78 is 18.5. The van der Waals surface area contributed by atoms with Gasteiger partial charge < -0.3 is 9.84 Å². The van der Waals surface area contributed by atoms with Gasteiger partial charge in [0.15, 0.2) is 5.13 Å². The van der Waals surface area contributed by atoms with Crippen molar-refractivity contribution in [3.8, 4) is 0 Å². The van der Waals surface area contributed by atoms with Crippen LogP contribution >= 0.6 is 11.3 Å². The first-order valence-corrected chi connectivity index (χ1v) is 11.4. The lowest BCUT2D eigenvalue weighted by atomic mass is 9.95. The molecule has 1 N–H and O–H groups in total. The zero-order chi connectivity index (χ0) is 26.1. The fourth-order valence-corrected chi connectivity index (χ4v) is 4.78. The monoisotopic (exact) mass is 511 g/mol. The van der Waals surface area contributed by atoms with Gasteiger partial charge in [-0.25, -0.2) is 14.2 Å². The first-order chi connectivity index (χ1) is 17.1. The van der Waals surface area contributed by atoms with Crippen LogP contribution in [0.5, 0.6) is 0 Å². The van der Waals surface area contributed by atoms with E-state index in [1.165, 1.54) is 43.3 Å². The summed E-state index contributed by atoms with van der Waals surface area (Å²) in [7, 11) is 0. The van der Waals surface area contributed by atoms with E-state index in [-0.39, 0.29) is 44.7 Å². The molecular formula is C24H18FN3O7S. The highest BCUT2D eigenvalue weighted by Gasteiger charge is 2.48. The number of aromatic nitrogens is 1. The van der Waals surface area contributed by atoms with Crippen molar-refractivity contribution >= 4 is 45.6 Å². The number of benzene rings is 2. The molecule has 0 saturated carbocycles. The number of nitrogens with zero attached hydrogens (tertiary/aromatic N) is 3. The van der Waals surface area contributed by atoms with Crippen LogP contribution in [0, 0.1) is 22.9 Å². The van der Waals surface area contributed by atoms with E-state index in [1.54, 1.807) is 6.92 Å². The van der Waals surface area contributed by atoms with Crippen LogP contribution in [-0.2, 0) is 14.3 Å². The summed E-state index contributed by atoms with van der Waals surface area (Å²) in [6.45, 7) is 3.27. The number of hydrogen-bond donors (Lipinski definition) is 1. The molecule has 10 nitrogen and oxygen atoms in total. The Kier molecular flexibility index (Phi) is 6.62. The Morgan fingerprint density at radius 1 is 1.25 bits per heavy atom. The number of thiazole rings is 1. The Morgan fingerprint density at radius 3 is 2.58 bits per heavy atom. The molecule has 0 spiro atoms. The standard InChI is InChI=1S/C24H18FN3O7S/c1-3-35-23(32)21-12(2)26-24(36-21)27-18(14-5-4-6-16(11-14)28(33)34)17(20(30)22(27)31)19(29)13-7-9-15(25)10-8-13/h4-11,18,29H,3H2,1-2H3/t18-/m0/s1. The lowest BCUT2D eigenvalue weighted by molar-refractivity contribution is -0.384. The minimum Gasteiger partial charge on any atom is -0.507 e. The summed E-state index contributed by atoms with van der Waals surface area (Å²) in [5, 5.41) is 22.4. The van der Waals surface area contributed by atoms with Gasteiger partial charge in [-0.1, -0.05) is 23.5 Å². The second-order valence-corrected chi connectivity index (χ2v) is 8.64. The highest BCUT2D eigenvalue weighted by molar-refractivity contribution is 7.17. The lowest BCUT2D eigenvalue weighted by Gasteiger charge is -2.22. The predicted molar refractivity (Wildman–Crippen MR) is 127 cm³/mol. The molecule has 2 aromatic carbocycles. The van der Waals surface area contributed by atoms with Gasteiger partial charge in [0.2, 0.25) is 0 Å². The molecule has 12 heteroatoms. The number of Topliss-reactive ketones (excluding diaryl/α,β-unsaturated/α-hetero) is 1. The minimum absolute atomic E-state index is 0.0349. The predicted octanol–water partition coefficient (Wildman–Crippen LogP) is 4.30. The van der Waals surface area contributed by atoms with Crippen LogP contribution in [0.25, 0.3) is 5.76 Å². The van der Waals surface area contributed by atoms with Crippen LogP contribution in [0.2, 0.25) is 0 Å². The fraction of sp³-hybridized carbons (Fsp3) is 0.167. The summed E-state index contributed by atoms with van der Waals surface area (Å²) >= 11 is 0.811. The molecule has 0 bridgehead atoms. The summed E-state index contributed by atoms with van der Waals surface area (Å²) in [5.41, 5.74) is -0.198. The smallest absolute Gasteiger partial charge is 0.350 e. The van der Waals surface area contributed by atoms with Crippen molar-refractivity contribution in [2.75, 3.05) is 11.5 Å². The van der Waals surface area contributed by atoms with Crippen molar-refractivity contribution in [1.29, 1.82) is 0 Å². The SMILES string of the molecule is CCOC(=O)c1sc(N2C(=O)C(=O)C(=C(O)c3ccc(F)cc3)[C@@H]2c2cccc([N+](=O)[O-])c2)nc1C. The van der Waals surface area contributed by atoms with E-state index < -0.39 is 40.2 Å². The van der Waals surface area contributed by atoms with Crippen LogP contribution < -0.4 is 4.90 Å². The minimum atomic E-state index is -1.31. The molecule has 36 heavy (non-hydrogen) atoms. The number of hydrogen-bond acceptors (Lipinski definition) is 9. The van der Waals surface area contributed by atoms with Crippen LogP contribution in [0.4, 0.5) is 15.2 Å². The molecule has 184 valence electrons. The fourth-order valence-electron chi connectivity index (χ4n) is 3.79. The number of esters is 1. The van der Waals surface area contributed by atoms with Crippen molar-refractivity contribution in [3.63, 3.8) is 0 Å². The molecule has 1 fully saturated rings. The van der Waals surface area contributed by atoms with E-state index in [2.05, 4.69) is 4.98 Å². The first-order valence-electron chi connectivity index (χ1n) is 10.6. The number of nitro groups is 1. The number of aliphatic hydroxyl groups excluding tert-OH is 1. The molecule has 0 unspecified atom stereocenters. The Hall–Kier alpha value is -4.45. The van der Waals surface area contributed by atoms with Crippen molar-refractivity contribution < 1.29 is 33.5 Å². The number of carbonyl (C=O) groups is 3. The number of ether oxygens (including phenoxy) is 1. The molecule has 1 aliphatic rings. The molecule has 2 heterocycles. The normalized spacial score (nSPS) is 16.9. The number of anilines is 1. The van der Waals surface area contributed by atoms with Gasteiger partial charge in [-0.2, -0.15) is 0 Å². The Balaban J connectivity index is 1.94. The number of rotatable bonds is 6. The van der Waals surface area contributed by atoms with Gasteiger partial charge >= 0.3 is 11.9 Å². The third kappa shape index (κ3) is 4.33. The van der Waals surface area contributed by atoms with Gasteiger partial charge in [0, 0.05) is 17.7 Å². The van der Waals surface area contributed by atoms with Crippen molar-refractivity contribution in [1.82, 2.24) is 4.98 Å². The van der Waals surface area contributed by atoms with Gasteiger partial charge in [-0.05, 0) is 43.7 Å². The molecule has 0 aliphatic carbocycles. The molecule has 1 aliphatic heterocycles. The van der Waals surface area contributed by atoms with Crippen molar-refractivity contribution in [3.05, 3.63) is 91.7 Å². The topological polar surface area (TPSA) is 140 Å². The Bertz CT molecular complexity index is 1430. The number of amides is 1. The molecule has 1 atom stereocenters. The number of non-ortho nitro benzene ring substituents is 1. The average molecular weight is 511 g/mol. The van der Waals surface area contributed by atoms with Crippen molar-refractivity contribution in [2.45, 2.75) is 19.9 Å². The van der Waals surface area contributed by atoms with E-state index in [1.807, 2.05) is 0 Å². The number of aliphatic hydroxyl groups is 1. The van der Waals surface area contributed by atoms with Crippen LogP contribution in [0.1, 0.15) is 39.5 Å². The average Bonchev–Trinajstić information content (AvgIpc) is 3.36. The van der Waals surface area contributed by atoms with E-state index in [0.717, 1.165) is 28.4 Å². The van der Waals surface area contributed by atoms with Gasteiger partial charge in [0.05, 0.1) is 28.8 Å². The van der Waals surface area contributed by atoms with Gasteiger partial charge in [0.25, 0.3) is 11.5 Å². The third-order valence-corrected chi connectivity index (χ3v) is 6.55. The maximum atomic E-state index is 13.4.